The van der Waals surface area contributed by atoms with Gasteiger partial charge in [0.2, 0.25) is 0 Å². The molecule has 13 heavy (non-hydrogen) atoms. The molecular formula is C8H9IO4. The van der Waals surface area contributed by atoms with E-state index in [1.54, 1.807) is 23.0 Å². The van der Waals surface area contributed by atoms with Crippen LogP contribution in [-0.2, 0) is 17.4 Å². The van der Waals surface area contributed by atoms with Gasteiger partial charge >= 0.3 is 5.97 Å². The first kappa shape index (κ1) is 10.5. The Kier molecular flexibility index (Phi) is 3.71. The van der Waals surface area contributed by atoms with E-state index in [-0.39, 0.29) is 18.0 Å². The quantitative estimate of drug-likeness (QED) is 0.448. The average Bonchev–Trinajstić information content (AvgIpc) is 2.47. The zero-order valence-corrected chi connectivity index (χ0v) is 9.29. The molecular weight excluding hydrogens is 287 g/mol. The van der Waals surface area contributed by atoms with Crippen molar-refractivity contribution < 1.29 is 17.4 Å². The number of cyclic esters (lactones) is 1. The third-order valence-corrected chi connectivity index (χ3v) is 2.20. The molecule has 0 fully saturated rings. The molecule has 0 radical (unpaired) electrons. The summed E-state index contributed by atoms with van der Waals surface area (Å²) in [5.74, 6) is -0.425. The first-order chi connectivity index (χ1) is 6.20. The van der Waals surface area contributed by atoms with Gasteiger partial charge in [0.05, 0.1) is 0 Å². The van der Waals surface area contributed by atoms with Gasteiger partial charge in [-0.2, -0.15) is 0 Å². The molecule has 72 valence electrons. The highest BCUT2D eigenvalue weighted by Crippen LogP contribution is 2.21. The third-order valence-electron chi connectivity index (χ3n) is 1.67. The topological polar surface area (TPSA) is 52.6 Å². The number of ether oxygens (including phenoxy) is 1. The van der Waals surface area contributed by atoms with Gasteiger partial charge in [-0.05, 0) is 6.42 Å². The van der Waals surface area contributed by atoms with E-state index in [1.807, 2.05) is 6.92 Å². The van der Waals surface area contributed by atoms with Crippen LogP contribution in [0.15, 0.2) is 11.3 Å². The van der Waals surface area contributed by atoms with Crippen LogP contribution in [-0.4, -0.2) is 18.4 Å². The van der Waals surface area contributed by atoms with Crippen molar-refractivity contribution in [1.29, 1.82) is 0 Å². The van der Waals surface area contributed by atoms with Crippen LogP contribution in [0.25, 0.3) is 0 Å². The Balaban J connectivity index is 2.84. The lowest BCUT2D eigenvalue weighted by Gasteiger charge is -1.97. The van der Waals surface area contributed by atoms with Crippen molar-refractivity contribution in [2.24, 2.45) is 0 Å². The Bertz CT molecular complexity index is 269. The van der Waals surface area contributed by atoms with Crippen molar-refractivity contribution >= 4 is 34.8 Å². The zero-order chi connectivity index (χ0) is 9.84. The Morgan fingerprint density at radius 3 is 2.92 bits per heavy atom. The summed E-state index contributed by atoms with van der Waals surface area (Å²) >= 11 is 1.63. The maximum atomic E-state index is 11.4. The molecule has 0 aromatic heterocycles. The third kappa shape index (κ3) is 2.20. The summed E-state index contributed by atoms with van der Waals surface area (Å²) < 4.78 is 9.52. The van der Waals surface area contributed by atoms with E-state index in [9.17, 15) is 9.59 Å². The standard InChI is InChI=1S/C8H9IO4/c1-2-3-5(10)7-6(13-9)4-12-8(7)11/h2-4H2,1H3. The molecule has 0 saturated carbocycles. The van der Waals surface area contributed by atoms with Crippen LogP contribution in [0.4, 0.5) is 0 Å². The molecule has 1 aliphatic rings. The molecule has 0 aromatic carbocycles. The van der Waals surface area contributed by atoms with Gasteiger partial charge in [-0.15, -0.1) is 0 Å². The lowest BCUT2D eigenvalue weighted by Crippen LogP contribution is -2.10. The second kappa shape index (κ2) is 4.59. The van der Waals surface area contributed by atoms with Crippen LogP contribution in [0.3, 0.4) is 0 Å². The molecule has 0 bridgehead atoms. The van der Waals surface area contributed by atoms with E-state index in [4.69, 9.17) is 3.07 Å². The van der Waals surface area contributed by atoms with Gasteiger partial charge in [0.15, 0.2) is 41.2 Å². The number of rotatable bonds is 4. The molecule has 0 N–H and O–H groups in total. The molecule has 0 amide bonds. The van der Waals surface area contributed by atoms with Gasteiger partial charge in [-0.25, -0.2) is 4.79 Å². The van der Waals surface area contributed by atoms with Crippen LogP contribution < -0.4 is 0 Å². The van der Waals surface area contributed by atoms with Gasteiger partial charge in [-0.1, -0.05) is 6.92 Å². The first-order valence-electron chi connectivity index (χ1n) is 3.92. The summed E-state index contributed by atoms with van der Waals surface area (Å²) in [5, 5.41) is 0. The number of Topliss-reactive ketones (excluding diaryl/α,β-unsaturated/α-hetero) is 1. The molecule has 0 spiro atoms. The fraction of sp³-hybridized carbons (Fsp3) is 0.500. The normalized spacial score (nSPS) is 16.0. The average molecular weight is 296 g/mol. The maximum Gasteiger partial charge on any atom is 0.345 e. The van der Waals surface area contributed by atoms with Crippen molar-refractivity contribution in [2.45, 2.75) is 19.8 Å². The van der Waals surface area contributed by atoms with E-state index in [0.29, 0.717) is 18.6 Å². The van der Waals surface area contributed by atoms with E-state index < -0.39 is 5.97 Å². The lowest BCUT2D eigenvalue weighted by atomic mass is 10.1. The highest BCUT2D eigenvalue weighted by Gasteiger charge is 2.31. The predicted molar refractivity (Wildman–Crippen MR) is 53.0 cm³/mol. The van der Waals surface area contributed by atoms with Crippen molar-refractivity contribution in [3.05, 3.63) is 11.3 Å². The predicted octanol–water partition coefficient (Wildman–Crippen LogP) is 1.53. The van der Waals surface area contributed by atoms with Crippen molar-refractivity contribution in [1.82, 2.24) is 0 Å². The molecule has 1 aliphatic heterocycles. The Hall–Kier alpha value is -0.590. The molecule has 0 aliphatic carbocycles. The van der Waals surface area contributed by atoms with Crippen molar-refractivity contribution in [3.63, 3.8) is 0 Å². The van der Waals surface area contributed by atoms with Crippen LogP contribution in [0.2, 0.25) is 0 Å². The van der Waals surface area contributed by atoms with Crippen molar-refractivity contribution in [3.8, 4) is 0 Å². The summed E-state index contributed by atoms with van der Waals surface area (Å²) in [6.45, 7) is 1.95. The molecule has 1 rings (SSSR count). The SMILES string of the molecule is CCCC(=O)C1=C(OI)COC1=O. The smallest absolute Gasteiger partial charge is 0.345 e. The van der Waals surface area contributed by atoms with Crippen LogP contribution in [0, 0.1) is 0 Å². The Morgan fingerprint density at radius 1 is 1.69 bits per heavy atom. The largest absolute Gasteiger partial charge is 0.454 e. The van der Waals surface area contributed by atoms with E-state index in [1.165, 1.54) is 0 Å². The minimum atomic E-state index is -0.565. The van der Waals surface area contributed by atoms with Crippen LogP contribution >= 0.6 is 23.0 Å². The van der Waals surface area contributed by atoms with Gasteiger partial charge in [0, 0.05) is 6.42 Å². The van der Waals surface area contributed by atoms with Crippen LogP contribution in [0.1, 0.15) is 19.8 Å². The molecule has 0 saturated heterocycles. The molecule has 4 nitrogen and oxygen atoms in total. The maximum absolute atomic E-state index is 11.4. The Labute approximate surface area is 90.0 Å². The second-order valence-corrected chi connectivity index (χ2v) is 3.07. The molecule has 0 unspecified atom stereocenters. The number of carbonyl (C=O) groups excluding carboxylic acids is 2. The Morgan fingerprint density at radius 2 is 2.38 bits per heavy atom. The first-order valence-corrected chi connectivity index (χ1v) is 4.80. The summed E-state index contributed by atoms with van der Waals surface area (Å²) in [7, 11) is 0. The monoisotopic (exact) mass is 296 g/mol. The minimum Gasteiger partial charge on any atom is -0.454 e. The number of hydrogen-bond donors (Lipinski definition) is 0. The lowest BCUT2D eigenvalue weighted by molar-refractivity contribution is -0.137. The molecule has 1 heterocycles. The van der Waals surface area contributed by atoms with E-state index >= 15 is 0 Å². The summed E-state index contributed by atoms with van der Waals surface area (Å²) in [5.41, 5.74) is 0.0799. The number of esters is 1. The number of carbonyl (C=O) groups is 2. The zero-order valence-electron chi connectivity index (χ0n) is 7.13. The summed E-state index contributed by atoms with van der Waals surface area (Å²) in [6.07, 6.45) is 1.07. The highest BCUT2D eigenvalue weighted by atomic mass is 127. The van der Waals surface area contributed by atoms with Crippen LogP contribution in [0.5, 0.6) is 0 Å². The number of halogens is 1. The second-order valence-electron chi connectivity index (χ2n) is 2.62. The molecule has 0 atom stereocenters. The van der Waals surface area contributed by atoms with E-state index in [0.717, 1.165) is 0 Å². The van der Waals surface area contributed by atoms with Crippen molar-refractivity contribution in [2.75, 3.05) is 6.61 Å². The van der Waals surface area contributed by atoms with Gasteiger partial charge < -0.3 is 7.80 Å². The molecule has 0 aromatic rings. The van der Waals surface area contributed by atoms with E-state index in [2.05, 4.69) is 4.74 Å². The fourth-order valence-electron chi connectivity index (χ4n) is 1.07. The molecule has 5 heteroatoms. The van der Waals surface area contributed by atoms with Gasteiger partial charge in [0.1, 0.15) is 5.57 Å². The highest BCUT2D eigenvalue weighted by molar-refractivity contribution is 14.1. The fourth-order valence-corrected chi connectivity index (χ4v) is 1.42. The minimum absolute atomic E-state index is 0.0760. The number of hydrogen-bond acceptors (Lipinski definition) is 4. The summed E-state index contributed by atoms with van der Waals surface area (Å²) in [4.78, 5) is 22.5. The number of ketones is 1. The summed E-state index contributed by atoms with van der Waals surface area (Å²) in [6, 6.07) is 0. The van der Waals surface area contributed by atoms with Gasteiger partial charge in [-0.3, -0.25) is 4.79 Å². The van der Waals surface area contributed by atoms with Gasteiger partial charge in [0.25, 0.3) is 0 Å².